The molecule has 0 aromatic heterocycles. The zero-order valence-corrected chi connectivity index (χ0v) is 10.9. The monoisotopic (exact) mass is 240 g/mol. The van der Waals surface area contributed by atoms with E-state index in [-0.39, 0.29) is 12.0 Å². The number of carbonyl (C=O) groups excluding carboxylic acids is 1. The molecule has 4 heteroatoms. The number of ether oxygens (including phenoxy) is 1. The molecule has 0 aromatic carbocycles. The van der Waals surface area contributed by atoms with Crippen LogP contribution in [-0.2, 0) is 9.53 Å². The van der Waals surface area contributed by atoms with Crippen LogP contribution in [0.5, 0.6) is 0 Å². The van der Waals surface area contributed by atoms with E-state index in [0.717, 1.165) is 38.9 Å². The fourth-order valence-electron chi connectivity index (χ4n) is 1.80. The number of nitrogens with one attached hydrogen (secondary N) is 2. The van der Waals surface area contributed by atoms with Gasteiger partial charge in [-0.2, -0.15) is 0 Å². The Bertz CT molecular complexity index is 264. The molecule has 0 radical (unpaired) electrons. The summed E-state index contributed by atoms with van der Waals surface area (Å²) in [4.78, 5) is 11.5. The highest BCUT2D eigenvalue weighted by molar-refractivity contribution is 5.75. The first-order valence-corrected chi connectivity index (χ1v) is 6.40. The van der Waals surface area contributed by atoms with Crippen LogP contribution in [-0.4, -0.2) is 38.8 Å². The summed E-state index contributed by atoms with van der Waals surface area (Å²) in [5.41, 5.74) is 1.45. The number of hydrogen-bond donors (Lipinski definition) is 2. The van der Waals surface area contributed by atoms with E-state index >= 15 is 0 Å². The molecule has 0 saturated carbocycles. The summed E-state index contributed by atoms with van der Waals surface area (Å²) in [7, 11) is 1.67. The average Bonchev–Trinajstić information content (AvgIpc) is 2.37. The summed E-state index contributed by atoms with van der Waals surface area (Å²) in [5, 5.41) is 6.23. The van der Waals surface area contributed by atoms with Crippen LogP contribution in [0.4, 0.5) is 0 Å². The molecule has 0 bridgehead atoms. The first-order chi connectivity index (χ1) is 8.22. The molecule has 1 unspecified atom stereocenters. The molecular formula is C13H24N2O2. The Labute approximate surface area is 104 Å². The Hall–Kier alpha value is -0.870. The van der Waals surface area contributed by atoms with Crippen molar-refractivity contribution in [2.45, 2.75) is 38.7 Å². The smallest absolute Gasteiger partial charge is 0.220 e. The lowest BCUT2D eigenvalue weighted by Gasteiger charge is -2.14. The van der Waals surface area contributed by atoms with E-state index in [0.29, 0.717) is 6.42 Å². The van der Waals surface area contributed by atoms with Gasteiger partial charge < -0.3 is 15.4 Å². The van der Waals surface area contributed by atoms with Crippen molar-refractivity contribution >= 4 is 5.91 Å². The third kappa shape index (κ3) is 6.44. The Morgan fingerprint density at radius 3 is 3.12 bits per heavy atom. The van der Waals surface area contributed by atoms with Crippen LogP contribution < -0.4 is 10.6 Å². The first kappa shape index (κ1) is 14.2. The van der Waals surface area contributed by atoms with E-state index in [1.807, 2.05) is 6.92 Å². The number of amides is 1. The third-order valence-corrected chi connectivity index (χ3v) is 3.11. The standard InChI is InChI=1S/C13H24N2O2/c1-11(17-2)3-4-13(16)15-10-7-12-5-8-14-9-6-12/h5,11,14H,3-4,6-10H2,1-2H3,(H,15,16). The van der Waals surface area contributed by atoms with Gasteiger partial charge in [0.05, 0.1) is 6.10 Å². The molecule has 1 amide bonds. The molecule has 1 heterocycles. The van der Waals surface area contributed by atoms with Crippen molar-refractivity contribution in [1.29, 1.82) is 0 Å². The second kappa shape index (κ2) is 8.25. The topological polar surface area (TPSA) is 50.4 Å². The van der Waals surface area contributed by atoms with E-state index in [1.165, 1.54) is 5.57 Å². The zero-order valence-electron chi connectivity index (χ0n) is 10.9. The fourth-order valence-corrected chi connectivity index (χ4v) is 1.80. The van der Waals surface area contributed by atoms with Gasteiger partial charge in [-0.05, 0) is 32.7 Å². The van der Waals surface area contributed by atoms with Gasteiger partial charge in [-0.3, -0.25) is 4.79 Å². The van der Waals surface area contributed by atoms with E-state index in [9.17, 15) is 4.79 Å². The highest BCUT2D eigenvalue weighted by atomic mass is 16.5. The molecule has 17 heavy (non-hydrogen) atoms. The van der Waals surface area contributed by atoms with Gasteiger partial charge in [-0.1, -0.05) is 11.6 Å². The molecule has 0 saturated heterocycles. The van der Waals surface area contributed by atoms with E-state index in [2.05, 4.69) is 16.7 Å². The highest BCUT2D eigenvalue weighted by Crippen LogP contribution is 2.08. The second-order valence-electron chi connectivity index (χ2n) is 4.50. The molecule has 0 aromatic rings. The van der Waals surface area contributed by atoms with Crippen LogP contribution in [0.3, 0.4) is 0 Å². The summed E-state index contributed by atoms with van der Waals surface area (Å²) in [6.45, 7) is 4.76. The summed E-state index contributed by atoms with van der Waals surface area (Å²) < 4.78 is 5.10. The van der Waals surface area contributed by atoms with Gasteiger partial charge in [0.2, 0.25) is 5.91 Å². The molecule has 1 rings (SSSR count). The minimum absolute atomic E-state index is 0.128. The maximum atomic E-state index is 11.5. The van der Waals surface area contributed by atoms with E-state index < -0.39 is 0 Å². The van der Waals surface area contributed by atoms with Crippen molar-refractivity contribution in [3.05, 3.63) is 11.6 Å². The van der Waals surface area contributed by atoms with Crippen LogP contribution in [0.25, 0.3) is 0 Å². The lowest BCUT2D eigenvalue weighted by atomic mass is 10.1. The van der Waals surface area contributed by atoms with Crippen LogP contribution in [0.1, 0.15) is 32.6 Å². The molecule has 1 aliphatic heterocycles. The molecular weight excluding hydrogens is 216 g/mol. The van der Waals surface area contributed by atoms with Gasteiger partial charge >= 0.3 is 0 Å². The van der Waals surface area contributed by atoms with Crippen LogP contribution in [0, 0.1) is 0 Å². The van der Waals surface area contributed by atoms with Crippen molar-refractivity contribution in [2.75, 3.05) is 26.7 Å². The largest absolute Gasteiger partial charge is 0.382 e. The summed E-state index contributed by atoms with van der Waals surface area (Å²) in [6, 6.07) is 0. The zero-order chi connectivity index (χ0) is 12.5. The van der Waals surface area contributed by atoms with E-state index in [4.69, 9.17) is 4.74 Å². The van der Waals surface area contributed by atoms with Gasteiger partial charge in [0.15, 0.2) is 0 Å². The number of carbonyl (C=O) groups is 1. The molecule has 0 fully saturated rings. The van der Waals surface area contributed by atoms with Crippen LogP contribution in [0.15, 0.2) is 11.6 Å². The van der Waals surface area contributed by atoms with Crippen molar-refractivity contribution in [3.8, 4) is 0 Å². The lowest BCUT2D eigenvalue weighted by molar-refractivity contribution is -0.121. The Kier molecular flexibility index (Phi) is 6.89. The van der Waals surface area contributed by atoms with Crippen molar-refractivity contribution in [1.82, 2.24) is 10.6 Å². The summed E-state index contributed by atoms with van der Waals surface area (Å²) in [5.74, 6) is 0.128. The molecule has 2 N–H and O–H groups in total. The molecule has 1 aliphatic rings. The highest BCUT2D eigenvalue weighted by Gasteiger charge is 2.06. The predicted octanol–water partition coefficient (Wildman–Crippen LogP) is 1.23. The van der Waals surface area contributed by atoms with Gasteiger partial charge in [0, 0.05) is 26.6 Å². The molecule has 98 valence electrons. The maximum absolute atomic E-state index is 11.5. The predicted molar refractivity (Wildman–Crippen MR) is 68.9 cm³/mol. The Balaban J connectivity index is 2.05. The molecule has 4 nitrogen and oxygen atoms in total. The van der Waals surface area contributed by atoms with Gasteiger partial charge in [-0.15, -0.1) is 0 Å². The summed E-state index contributed by atoms with van der Waals surface area (Å²) in [6.07, 6.45) is 5.81. The van der Waals surface area contributed by atoms with Gasteiger partial charge in [0.1, 0.15) is 0 Å². The Morgan fingerprint density at radius 1 is 1.65 bits per heavy atom. The van der Waals surface area contributed by atoms with Gasteiger partial charge in [-0.25, -0.2) is 0 Å². The first-order valence-electron chi connectivity index (χ1n) is 6.40. The number of methoxy groups -OCH3 is 1. The maximum Gasteiger partial charge on any atom is 0.220 e. The van der Waals surface area contributed by atoms with E-state index in [1.54, 1.807) is 7.11 Å². The van der Waals surface area contributed by atoms with Crippen molar-refractivity contribution in [2.24, 2.45) is 0 Å². The SMILES string of the molecule is COC(C)CCC(=O)NCCC1=CCNCC1. The lowest BCUT2D eigenvalue weighted by Crippen LogP contribution is -2.27. The molecule has 0 spiro atoms. The summed E-state index contributed by atoms with van der Waals surface area (Å²) >= 11 is 0. The van der Waals surface area contributed by atoms with Crippen LogP contribution in [0.2, 0.25) is 0 Å². The minimum Gasteiger partial charge on any atom is -0.382 e. The number of hydrogen-bond acceptors (Lipinski definition) is 3. The van der Waals surface area contributed by atoms with Crippen molar-refractivity contribution < 1.29 is 9.53 Å². The fraction of sp³-hybridized carbons (Fsp3) is 0.769. The van der Waals surface area contributed by atoms with Crippen molar-refractivity contribution in [3.63, 3.8) is 0 Å². The Morgan fingerprint density at radius 2 is 2.47 bits per heavy atom. The normalized spacial score (nSPS) is 17.4. The molecule has 1 atom stereocenters. The van der Waals surface area contributed by atoms with Crippen LogP contribution >= 0.6 is 0 Å². The molecule has 0 aliphatic carbocycles. The average molecular weight is 240 g/mol. The minimum atomic E-state index is 0.128. The van der Waals surface area contributed by atoms with Gasteiger partial charge in [0.25, 0.3) is 0 Å². The number of rotatable bonds is 7. The second-order valence-corrected chi connectivity index (χ2v) is 4.50. The third-order valence-electron chi connectivity index (χ3n) is 3.11. The quantitative estimate of drug-likeness (QED) is 0.658.